The van der Waals surface area contributed by atoms with E-state index >= 15 is 0 Å². The zero-order chi connectivity index (χ0) is 15.9. The van der Waals surface area contributed by atoms with Crippen LogP contribution >= 0.6 is 12.4 Å². The smallest absolute Gasteiger partial charge is 0.222 e. The molecule has 0 saturated carbocycles. The van der Waals surface area contributed by atoms with Gasteiger partial charge in [0.25, 0.3) is 0 Å². The summed E-state index contributed by atoms with van der Waals surface area (Å²) in [6.45, 7) is 4.31. The number of rotatable bonds is 6. The van der Waals surface area contributed by atoms with Crippen LogP contribution in [0.3, 0.4) is 0 Å². The van der Waals surface area contributed by atoms with Crippen molar-refractivity contribution in [3.63, 3.8) is 0 Å². The van der Waals surface area contributed by atoms with Crippen molar-refractivity contribution in [1.82, 2.24) is 10.2 Å². The Kier molecular flexibility index (Phi) is 8.48. The Labute approximate surface area is 142 Å². The first-order valence-corrected chi connectivity index (χ1v) is 8.03. The zero-order valence-corrected chi connectivity index (χ0v) is 14.3. The normalized spacial score (nSPS) is 15.1. The second-order valence-corrected chi connectivity index (χ2v) is 5.84. The number of amides is 1. The Morgan fingerprint density at radius 1 is 1.26 bits per heavy atom. The lowest BCUT2D eigenvalue weighted by Crippen LogP contribution is -2.32. The number of carbonyl (C=O) groups excluding carboxylic acids is 1. The quantitative estimate of drug-likeness (QED) is 0.854. The molecule has 3 nitrogen and oxygen atoms in total. The van der Waals surface area contributed by atoms with E-state index in [0.717, 1.165) is 32.4 Å². The summed E-state index contributed by atoms with van der Waals surface area (Å²) in [5.74, 6) is -0.632. The minimum atomic E-state index is -0.593. The van der Waals surface area contributed by atoms with Crippen LogP contribution in [0.25, 0.3) is 0 Å². The summed E-state index contributed by atoms with van der Waals surface area (Å²) in [6.07, 6.45) is 3.51. The Bertz CT molecular complexity index is 487. The summed E-state index contributed by atoms with van der Waals surface area (Å²) < 4.78 is 27.4. The van der Waals surface area contributed by atoms with Gasteiger partial charge in [0.2, 0.25) is 5.91 Å². The van der Waals surface area contributed by atoms with Crippen LogP contribution in [-0.2, 0) is 11.3 Å². The molecule has 0 aromatic heterocycles. The van der Waals surface area contributed by atoms with Gasteiger partial charge >= 0.3 is 0 Å². The Morgan fingerprint density at radius 2 is 1.87 bits per heavy atom. The van der Waals surface area contributed by atoms with Crippen molar-refractivity contribution in [2.75, 3.05) is 19.6 Å². The van der Waals surface area contributed by atoms with E-state index in [-0.39, 0.29) is 30.4 Å². The minimum Gasteiger partial charge on any atom is -0.338 e. The third-order valence-corrected chi connectivity index (χ3v) is 4.37. The lowest BCUT2D eigenvalue weighted by molar-refractivity contribution is -0.132. The lowest BCUT2D eigenvalue weighted by atomic mass is 9.93. The Morgan fingerprint density at radius 3 is 2.43 bits per heavy atom. The van der Waals surface area contributed by atoms with Gasteiger partial charge in [0.1, 0.15) is 11.6 Å². The maximum absolute atomic E-state index is 13.7. The Balaban J connectivity index is 0.00000264. The molecule has 1 fully saturated rings. The molecule has 2 rings (SSSR count). The molecular weight excluding hydrogens is 322 g/mol. The predicted octanol–water partition coefficient (Wildman–Crippen LogP) is 3.51. The fraction of sp³-hybridized carbons (Fsp3) is 0.588. The first-order chi connectivity index (χ1) is 10.6. The van der Waals surface area contributed by atoms with Crippen molar-refractivity contribution in [1.29, 1.82) is 0 Å². The standard InChI is InChI=1S/C17H24F2N2O.ClH/c1-2-21(12-14-15(18)4-3-5-16(14)19)17(22)7-6-13-8-10-20-11-9-13;/h3-5,13,20H,2,6-12H2,1H3;1H. The molecule has 6 heteroatoms. The zero-order valence-electron chi connectivity index (χ0n) is 13.5. The van der Waals surface area contributed by atoms with Crippen LogP contribution in [0.4, 0.5) is 8.78 Å². The van der Waals surface area contributed by atoms with Crippen LogP contribution in [-0.4, -0.2) is 30.4 Å². The van der Waals surface area contributed by atoms with Gasteiger partial charge in [-0.2, -0.15) is 0 Å². The van der Waals surface area contributed by atoms with E-state index in [4.69, 9.17) is 0 Å². The van der Waals surface area contributed by atoms with E-state index in [1.54, 1.807) is 0 Å². The Hall–Kier alpha value is -1.20. The summed E-state index contributed by atoms with van der Waals surface area (Å²) in [5.41, 5.74) is -0.0282. The van der Waals surface area contributed by atoms with Gasteiger partial charge < -0.3 is 10.2 Å². The number of nitrogens with zero attached hydrogens (tertiary/aromatic N) is 1. The molecular formula is C17H25ClF2N2O. The van der Waals surface area contributed by atoms with E-state index < -0.39 is 11.6 Å². The van der Waals surface area contributed by atoms with Crippen molar-refractivity contribution < 1.29 is 13.6 Å². The number of halogens is 3. The van der Waals surface area contributed by atoms with Crippen LogP contribution in [0, 0.1) is 17.6 Å². The van der Waals surface area contributed by atoms with E-state index in [1.165, 1.54) is 23.1 Å². The maximum atomic E-state index is 13.7. The molecule has 1 amide bonds. The predicted molar refractivity (Wildman–Crippen MR) is 89.5 cm³/mol. The average Bonchev–Trinajstić information content (AvgIpc) is 2.53. The van der Waals surface area contributed by atoms with Crippen molar-refractivity contribution in [3.8, 4) is 0 Å². The van der Waals surface area contributed by atoms with Gasteiger partial charge in [-0.25, -0.2) is 8.78 Å². The largest absolute Gasteiger partial charge is 0.338 e. The summed E-state index contributed by atoms with van der Waals surface area (Å²) in [7, 11) is 0. The van der Waals surface area contributed by atoms with Gasteiger partial charge in [-0.05, 0) is 57.3 Å². The first kappa shape index (κ1) is 19.8. The fourth-order valence-electron chi connectivity index (χ4n) is 2.91. The molecule has 130 valence electrons. The van der Waals surface area contributed by atoms with Crippen molar-refractivity contribution >= 4 is 18.3 Å². The average molecular weight is 347 g/mol. The molecule has 1 heterocycles. The molecule has 23 heavy (non-hydrogen) atoms. The van der Waals surface area contributed by atoms with Crippen LogP contribution in [0.15, 0.2) is 18.2 Å². The third-order valence-electron chi connectivity index (χ3n) is 4.37. The molecule has 0 unspecified atom stereocenters. The topological polar surface area (TPSA) is 32.3 Å². The summed E-state index contributed by atoms with van der Waals surface area (Å²) in [5, 5.41) is 3.30. The molecule has 1 aliphatic rings. The van der Waals surface area contributed by atoms with Crippen LogP contribution < -0.4 is 5.32 Å². The molecule has 1 aromatic carbocycles. The maximum Gasteiger partial charge on any atom is 0.222 e. The second-order valence-electron chi connectivity index (χ2n) is 5.84. The first-order valence-electron chi connectivity index (χ1n) is 8.03. The van der Waals surface area contributed by atoms with E-state index in [2.05, 4.69) is 5.32 Å². The number of hydrogen-bond donors (Lipinski definition) is 1. The van der Waals surface area contributed by atoms with E-state index in [0.29, 0.717) is 18.9 Å². The SMILES string of the molecule is CCN(Cc1c(F)cccc1F)C(=O)CCC1CCNCC1.Cl. The van der Waals surface area contributed by atoms with Gasteiger partial charge in [0.05, 0.1) is 6.54 Å². The van der Waals surface area contributed by atoms with E-state index in [1.807, 2.05) is 6.92 Å². The second kappa shape index (κ2) is 9.83. The highest BCUT2D eigenvalue weighted by Gasteiger charge is 2.19. The van der Waals surface area contributed by atoms with Gasteiger partial charge in [-0.1, -0.05) is 6.07 Å². The highest BCUT2D eigenvalue weighted by Crippen LogP contribution is 2.20. The summed E-state index contributed by atoms with van der Waals surface area (Å²) in [4.78, 5) is 13.8. The molecule has 0 aliphatic carbocycles. The minimum absolute atomic E-state index is 0. The van der Waals surface area contributed by atoms with Crippen LogP contribution in [0.1, 0.15) is 38.2 Å². The highest BCUT2D eigenvalue weighted by molar-refractivity contribution is 5.85. The molecule has 1 aliphatic heterocycles. The highest BCUT2D eigenvalue weighted by atomic mass is 35.5. The van der Waals surface area contributed by atoms with Gasteiger partial charge in [-0.3, -0.25) is 4.79 Å². The van der Waals surface area contributed by atoms with Crippen molar-refractivity contribution in [2.45, 2.75) is 39.2 Å². The van der Waals surface area contributed by atoms with E-state index in [9.17, 15) is 13.6 Å². The van der Waals surface area contributed by atoms with Crippen molar-refractivity contribution in [3.05, 3.63) is 35.4 Å². The molecule has 0 atom stereocenters. The number of carbonyl (C=O) groups is 1. The lowest BCUT2D eigenvalue weighted by Gasteiger charge is -2.25. The van der Waals surface area contributed by atoms with Crippen LogP contribution in [0.5, 0.6) is 0 Å². The molecule has 0 bridgehead atoms. The van der Waals surface area contributed by atoms with Gasteiger partial charge in [0, 0.05) is 18.5 Å². The number of benzene rings is 1. The number of piperidine rings is 1. The van der Waals surface area contributed by atoms with Crippen LogP contribution in [0.2, 0.25) is 0 Å². The number of nitrogens with one attached hydrogen (secondary N) is 1. The molecule has 1 saturated heterocycles. The van der Waals surface area contributed by atoms with Crippen molar-refractivity contribution in [2.24, 2.45) is 5.92 Å². The summed E-state index contributed by atoms with van der Waals surface area (Å²) >= 11 is 0. The summed E-state index contributed by atoms with van der Waals surface area (Å²) in [6, 6.07) is 3.79. The molecule has 1 aromatic rings. The van der Waals surface area contributed by atoms with Gasteiger partial charge in [-0.15, -0.1) is 12.4 Å². The molecule has 0 radical (unpaired) electrons. The molecule has 1 N–H and O–H groups in total. The third kappa shape index (κ3) is 5.74. The molecule has 0 spiro atoms. The monoisotopic (exact) mass is 346 g/mol. The number of hydrogen-bond acceptors (Lipinski definition) is 2. The fourth-order valence-corrected chi connectivity index (χ4v) is 2.91. The van der Waals surface area contributed by atoms with Gasteiger partial charge in [0.15, 0.2) is 0 Å².